The number of carbonyl (C=O) groups is 3. The van der Waals surface area contributed by atoms with E-state index < -0.39 is 29.4 Å². The number of aryl methyl sites for hydroxylation is 1. The van der Waals surface area contributed by atoms with E-state index in [1.807, 2.05) is 48.5 Å². The zero-order valence-electron chi connectivity index (χ0n) is 23.3. The number of carboxylic acids is 1. The first-order valence-electron chi connectivity index (χ1n) is 14.9. The van der Waals surface area contributed by atoms with Gasteiger partial charge in [0, 0.05) is 46.9 Å². The molecule has 7 nitrogen and oxygen atoms in total. The van der Waals surface area contributed by atoms with Crippen molar-refractivity contribution in [3.8, 4) is 0 Å². The van der Waals surface area contributed by atoms with Gasteiger partial charge in [0.15, 0.2) is 0 Å². The number of hydrogen-bond donors (Lipinski definition) is 2. The smallest absolute Gasteiger partial charge is 0.325 e. The lowest BCUT2D eigenvalue weighted by atomic mass is 9.76. The number of aromatic nitrogens is 1. The van der Waals surface area contributed by atoms with Crippen LogP contribution in [0.4, 0.5) is 0 Å². The van der Waals surface area contributed by atoms with E-state index in [-0.39, 0.29) is 24.3 Å². The minimum Gasteiger partial charge on any atom is -0.480 e. The molecule has 2 amide bonds. The number of carboxylic acid groups (broad SMARTS) is 1. The molecule has 3 aliphatic rings. The number of carbonyl (C=O) groups excluding carboxylic acids is 2. The molecular weight excluding hydrogens is 514 g/mol. The van der Waals surface area contributed by atoms with E-state index in [0.717, 1.165) is 71.6 Å². The van der Waals surface area contributed by atoms with Crippen LogP contribution in [-0.2, 0) is 27.3 Å². The predicted molar refractivity (Wildman–Crippen MR) is 157 cm³/mol. The van der Waals surface area contributed by atoms with Crippen LogP contribution in [-0.4, -0.2) is 43.9 Å². The molecule has 2 N–H and O–H groups in total. The third-order valence-corrected chi connectivity index (χ3v) is 9.81. The Bertz CT molecular complexity index is 1670. The maximum atomic E-state index is 14.2. The Labute approximate surface area is 239 Å². The molecule has 4 aromatic rings. The Balaban J connectivity index is 1.38. The molecule has 7 heteroatoms. The number of nitrogens with zero attached hydrogens (tertiary/aromatic N) is 2. The normalized spacial score (nSPS) is 26.8. The van der Waals surface area contributed by atoms with E-state index in [1.54, 1.807) is 0 Å². The van der Waals surface area contributed by atoms with Crippen molar-refractivity contribution in [2.75, 3.05) is 0 Å². The molecule has 3 fully saturated rings. The fraction of sp³-hybridized carbons (Fsp3) is 0.382. The number of nitrogens with one attached hydrogen (secondary N) is 1. The number of benzene rings is 3. The summed E-state index contributed by atoms with van der Waals surface area (Å²) in [5, 5.41) is 16.4. The standard InChI is InChI=1S/C34H35N3O4/c1-2-36-26-16-10-9-15-24(26)25-19-22(17-18-27(25)36)30-28-29(32(39)37(31(28)38)23-13-7-4-8-14-23)34(35-30,33(40)41)20-21-11-5-3-6-12-21/h3,5-6,9-12,15-19,23,28-30,35H,2,4,7-8,13-14,20H2,1H3,(H,40,41). The van der Waals surface area contributed by atoms with Gasteiger partial charge in [-0.25, -0.2) is 0 Å². The number of amides is 2. The summed E-state index contributed by atoms with van der Waals surface area (Å²) in [6.45, 7) is 2.94. The van der Waals surface area contributed by atoms with Crippen LogP contribution in [0, 0.1) is 11.8 Å². The highest BCUT2D eigenvalue weighted by Crippen LogP contribution is 2.51. The lowest BCUT2D eigenvalue weighted by Gasteiger charge is -2.34. The number of aliphatic carboxylic acids is 1. The first-order chi connectivity index (χ1) is 19.9. The Morgan fingerprint density at radius 2 is 1.61 bits per heavy atom. The van der Waals surface area contributed by atoms with Crippen LogP contribution in [0.3, 0.4) is 0 Å². The molecule has 1 aliphatic carbocycles. The first-order valence-corrected chi connectivity index (χ1v) is 14.9. The second-order valence-corrected chi connectivity index (χ2v) is 11.9. The van der Waals surface area contributed by atoms with Gasteiger partial charge in [-0.3, -0.25) is 24.6 Å². The summed E-state index contributed by atoms with van der Waals surface area (Å²) in [5.41, 5.74) is 2.30. The van der Waals surface area contributed by atoms with E-state index in [2.05, 4.69) is 41.1 Å². The quantitative estimate of drug-likeness (QED) is 0.312. The van der Waals surface area contributed by atoms with Gasteiger partial charge in [-0.15, -0.1) is 0 Å². The number of likely N-dealkylation sites (tertiary alicyclic amines) is 1. The molecule has 4 atom stereocenters. The largest absolute Gasteiger partial charge is 0.480 e. The van der Waals surface area contributed by atoms with Gasteiger partial charge in [-0.2, -0.15) is 0 Å². The Kier molecular flexibility index (Phi) is 6.23. The first kappa shape index (κ1) is 26.0. The van der Waals surface area contributed by atoms with Crippen LogP contribution < -0.4 is 5.32 Å². The molecule has 2 aliphatic heterocycles. The summed E-state index contributed by atoms with van der Waals surface area (Å²) in [5.74, 6) is -3.40. The minimum atomic E-state index is -1.60. The van der Waals surface area contributed by atoms with Crippen LogP contribution in [0.1, 0.15) is 56.2 Å². The van der Waals surface area contributed by atoms with E-state index >= 15 is 0 Å². The second-order valence-electron chi connectivity index (χ2n) is 11.9. The van der Waals surface area contributed by atoms with Gasteiger partial charge in [0.25, 0.3) is 0 Å². The topological polar surface area (TPSA) is 91.6 Å². The number of rotatable bonds is 6. The average molecular weight is 550 g/mol. The molecule has 41 heavy (non-hydrogen) atoms. The van der Waals surface area contributed by atoms with Crippen LogP contribution >= 0.6 is 0 Å². The number of para-hydroxylation sites is 1. The van der Waals surface area contributed by atoms with Gasteiger partial charge in [-0.1, -0.05) is 73.9 Å². The summed E-state index contributed by atoms with van der Waals surface area (Å²) in [6.07, 6.45) is 4.75. The molecule has 210 valence electrons. The van der Waals surface area contributed by atoms with Crippen LogP contribution in [0.5, 0.6) is 0 Å². The summed E-state index contributed by atoms with van der Waals surface area (Å²) < 4.78 is 2.27. The summed E-state index contributed by atoms with van der Waals surface area (Å²) in [6, 6.07) is 23.1. The van der Waals surface area contributed by atoms with Crippen molar-refractivity contribution >= 4 is 39.6 Å². The fourth-order valence-electron chi connectivity index (χ4n) is 7.97. The Hall–Kier alpha value is -3.97. The highest BCUT2D eigenvalue weighted by molar-refractivity contribution is 6.11. The van der Waals surface area contributed by atoms with Crippen molar-refractivity contribution in [1.82, 2.24) is 14.8 Å². The molecule has 4 unspecified atom stereocenters. The van der Waals surface area contributed by atoms with E-state index in [4.69, 9.17) is 0 Å². The lowest BCUT2D eigenvalue weighted by molar-refractivity contribution is -0.152. The number of fused-ring (bicyclic) bond motifs is 4. The van der Waals surface area contributed by atoms with Gasteiger partial charge >= 0.3 is 5.97 Å². The van der Waals surface area contributed by atoms with E-state index in [9.17, 15) is 19.5 Å². The average Bonchev–Trinajstić information content (AvgIpc) is 3.60. The zero-order valence-corrected chi connectivity index (χ0v) is 23.3. The molecule has 2 saturated heterocycles. The van der Waals surface area contributed by atoms with Gasteiger partial charge in [0.2, 0.25) is 11.8 Å². The maximum absolute atomic E-state index is 14.2. The van der Waals surface area contributed by atoms with E-state index in [0.29, 0.717) is 0 Å². The van der Waals surface area contributed by atoms with Crippen molar-refractivity contribution in [2.24, 2.45) is 11.8 Å². The molecule has 1 saturated carbocycles. The molecule has 3 heterocycles. The summed E-state index contributed by atoms with van der Waals surface area (Å²) in [7, 11) is 0. The van der Waals surface area contributed by atoms with Gasteiger partial charge in [0.1, 0.15) is 5.54 Å². The molecule has 0 bridgehead atoms. The van der Waals surface area contributed by atoms with Crippen LogP contribution in [0.2, 0.25) is 0 Å². The monoisotopic (exact) mass is 549 g/mol. The van der Waals surface area contributed by atoms with E-state index in [1.165, 1.54) is 4.90 Å². The van der Waals surface area contributed by atoms with Gasteiger partial charge in [0.05, 0.1) is 11.8 Å². The minimum absolute atomic E-state index is 0.121. The zero-order chi connectivity index (χ0) is 28.3. The maximum Gasteiger partial charge on any atom is 0.325 e. The lowest BCUT2D eigenvalue weighted by Crippen LogP contribution is -2.58. The molecule has 0 spiro atoms. The SMILES string of the molecule is CCn1c2ccccc2c2cc(C3NC(Cc4ccccc4)(C(=O)O)C4C(=O)N(C5CCCCC5)C(=O)C34)ccc21. The van der Waals surface area contributed by atoms with Gasteiger partial charge < -0.3 is 9.67 Å². The van der Waals surface area contributed by atoms with Crippen LogP contribution in [0.15, 0.2) is 72.8 Å². The Morgan fingerprint density at radius 1 is 0.902 bits per heavy atom. The number of hydrogen-bond acceptors (Lipinski definition) is 4. The molecule has 7 rings (SSSR count). The summed E-state index contributed by atoms with van der Waals surface area (Å²) in [4.78, 5) is 43.2. The van der Waals surface area contributed by atoms with Gasteiger partial charge in [-0.05, 0) is 49.1 Å². The van der Waals surface area contributed by atoms with Crippen molar-refractivity contribution in [3.05, 3.63) is 83.9 Å². The highest BCUT2D eigenvalue weighted by atomic mass is 16.4. The molecule has 1 aromatic heterocycles. The third kappa shape index (κ3) is 3.86. The third-order valence-electron chi connectivity index (χ3n) is 9.81. The second kappa shape index (κ2) is 9.84. The molecule has 3 aromatic carbocycles. The summed E-state index contributed by atoms with van der Waals surface area (Å²) >= 11 is 0. The van der Waals surface area contributed by atoms with Crippen molar-refractivity contribution in [1.29, 1.82) is 0 Å². The Morgan fingerprint density at radius 3 is 2.34 bits per heavy atom. The number of imide groups is 1. The fourth-order valence-corrected chi connectivity index (χ4v) is 7.97. The molecule has 0 radical (unpaired) electrons. The highest BCUT2D eigenvalue weighted by Gasteiger charge is 2.69. The van der Waals surface area contributed by atoms with Crippen molar-refractivity contribution in [3.63, 3.8) is 0 Å². The van der Waals surface area contributed by atoms with Crippen LogP contribution in [0.25, 0.3) is 21.8 Å². The van der Waals surface area contributed by atoms with Crippen molar-refractivity contribution in [2.45, 2.75) is 69.6 Å². The van der Waals surface area contributed by atoms with Crippen molar-refractivity contribution < 1.29 is 19.5 Å². The molecular formula is C34H35N3O4. The predicted octanol–water partition coefficient (Wildman–Crippen LogP) is 5.46.